The van der Waals surface area contributed by atoms with E-state index in [0.717, 1.165) is 11.3 Å². The van der Waals surface area contributed by atoms with Gasteiger partial charge in [-0.1, -0.05) is 53.9 Å². The Hall–Kier alpha value is 0.550. The van der Waals surface area contributed by atoms with E-state index in [1.807, 2.05) is 6.07 Å². The van der Waals surface area contributed by atoms with Crippen LogP contribution in [0.2, 0.25) is 0 Å². The molecule has 0 aliphatic heterocycles. The van der Waals surface area contributed by atoms with Crippen LogP contribution in [0, 0.1) is 0 Å². The summed E-state index contributed by atoms with van der Waals surface area (Å²) in [5, 5.41) is 8.98. The van der Waals surface area contributed by atoms with Crippen LogP contribution in [0.4, 0.5) is 0 Å². The third kappa shape index (κ3) is 2.52. The summed E-state index contributed by atoms with van der Waals surface area (Å²) in [5.41, 5.74) is 1.51. The molecule has 0 spiro atoms. The van der Waals surface area contributed by atoms with Crippen molar-refractivity contribution in [2.75, 3.05) is 0 Å². The molecule has 0 unspecified atom stereocenters. The smallest absolute Gasteiger partial charge is 0.176 e. The lowest BCUT2D eigenvalue weighted by molar-refractivity contribution is 0.280. The van der Waals surface area contributed by atoms with Crippen LogP contribution >= 0.6 is 47.8 Å². The van der Waals surface area contributed by atoms with Gasteiger partial charge in [0.2, 0.25) is 0 Å². The Kier molecular flexibility index (Phi) is 3.70. The number of nitrogens with zero attached hydrogens (tertiary/aromatic N) is 1. The molecule has 0 aromatic carbocycles. The van der Waals surface area contributed by atoms with Crippen LogP contribution in [-0.4, -0.2) is 10.1 Å². The van der Waals surface area contributed by atoms with Crippen LogP contribution in [0.15, 0.2) is 18.3 Å². The maximum atomic E-state index is 8.98. The fraction of sp³-hybridized carbons (Fsp3) is 0.286. The van der Waals surface area contributed by atoms with Gasteiger partial charge in [-0.3, -0.25) is 4.98 Å². The molecule has 0 saturated carbocycles. The number of alkyl halides is 3. The Balaban J connectivity index is 3.14. The minimum atomic E-state index is -0.549. The maximum absolute atomic E-state index is 8.98. The van der Waals surface area contributed by atoms with E-state index in [2.05, 4.69) is 52.8 Å². The Bertz CT molecular complexity index is 272. The Morgan fingerprint density at radius 1 is 1.42 bits per heavy atom. The van der Waals surface area contributed by atoms with Gasteiger partial charge >= 0.3 is 0 Å². The van der Waals surface area contributed by atoms with E-state index in [9.17, 15) is 0 Å². The van der Waals surface area contributed by atoms with Crippen molar-refractivity contribution in [3.8, 4) is 0 Å². The minimum Gasteiger partial charge on any atom is -0.392 e. The van der Waals surface area contributed by atoms with E-state index in [4.69, 9.17) is 5.11 Å². The average Bonchev–Trinajstić information content (AvgIpc) is 2.03. The quantitative estimate of drug-likeness (QED) is 0.782. The number of hydrogen-bond donors (Lipinski definition) is 1. The average molecular weight is 360 g/mol. The number of aliphatic hydroxyl groups excluding tert-OH is 1. The highest BCUT2D eigenvalue weighted by atomic mass is 80.0. The minimum absolute atomic E-state index is 0.0201. The van der Waals surface area contributed by atoms with Gasteiger partial charge in [0.15, 0.2) is 2.14 Å². The summed E-state index contributed by atoms with van der Waals surface area (Å²) in [4.78, 5) is 4.12. The molecule has 1 aromatic heterocycles. The first-order chi connectivity index (χ1) is 5.55. The monoisotopic (exact) mass is 357 g/mol. The molecule has 1 N–H and O–H groups in total. The van der Waals surface area contributed by atoms with Crippen molar-refractivity contribution in [1.29, 1.82) is 0 Å². The molecule has 0 aliphatic rings. The molecule has 0 radical (unpaired) electrons. The zero-order chi connectivity index (χ0) is 9.19. The molecular formula is C7H6Br3NO. The number of hydrogen-bond acceptors (Lipinski definition) is 2. The molecule has 1 heterocycles. The summed E-state index contributed by atoms with van der Waals surface area (Å²) >= 11 is 10.0. The molecule has 0 bridgehead atoms. The first-order valence-corrected chi connectivity index (χ1v) is 5.55. The fourth-order valence-electron chi connectivity index (χ4n) is 0.821. The standard InChI is InChI=1S/C7H6Br3NO/c8-7(9,10)6-5(4-12)2-1-3-11-6/h1-3,12H,4H2. The van der Waals surface area contributed by atoms with Gasteiger partial charge < -0.3 is 5.11 Å². The summed E-state index contributed by atoms with van der Waals surface area (Å²) in [5.74, 6) is 0. The highest BCUT2D eigenvalue weighted by Gasteiger charge is 2.25. The van der Waals surface area contributed by atoms with Gasteiger partial charge in [-0.05, 0) is 6.07 Å². The Labute approximate surface area is 95.8 Å². The summed E-state index contributed by atoms with van der Waals surface area (Å²) in [6, 6.07) is 3.61. The van der Waals surface area contributed by atoms with Crippen LogP contribution in [0.25, 0.3) is 0 Å². The van der Waals surface area contributed by atoms with Crippen LogP contribution in [0.5, 0.6) is 0 Å². The lowest BCUT2D eigenvalue weighted by atomic mass is 10.2. The summed E-state index contributed by atoms with van der Waals surface area (Å²) < 4.78 is -0.549. The largest absolute Gasteiger partial charge is 0.392 e. The Morgan fingerprint density at radius 2 is 2.08 bits per heavy atom. The first kappa shape index (κ1) is 10.6. The van der Waals surface area contributed by atoms with Crippen molar-refractivity contribution >= 4 is 47.8 Å². The molecule has 0 fully saturated rings. The van der Waals surface area contributed by atoms with Crippen LogP contribution in [-0.2, 0) is 8.75 Å². The highest BCUT2D eigenvalue weighted by molar-refractivity contribution is 9.38. The van der Waals surface area contributed by atoms with Gasteiger partial charge in [0.05, 0.1) is 12.3 Å². The summed E-state index contributed by atoms with van der Waals surface area (Å²) in [6.07, 6.45) is 1.67. The molecular weight excluding hydrogens is 354 g/mol. The molecule has 0 amide bonds. The number of halogens is 3. The number of aromatic nitrogens is 1. The zero-order valence-corrected chi connectivity index (χ0v) is 10.7. The Morgan fingerprint density at radius 3 is 2.50 bits per heavy atom. The predicted octanol–water partition coefficient (Wildman–Crippen LogP) is 2.87. The van der Waals surface area contributed by atoms with Gasteiger partial charge in [0.1, 0.15) is 0 Å². The second-order valence-electron chi connectivity index (χ2n) is 2.17. The van der Waals surface area contributed by atoms with Gasteiger partial charge in [-0.2, -0.15) is 0 Å². The van der Waals surface area contributed by atoms with Crippen molar-refractivity contribution in [2.45, 2.75) is 8.75 Å². The van der Waals surface area contributed by atoms with Crippen molar-refractivity contribution in [3.05, 3.63) is 29.6 Å². The first-order valence-electron chi connectivity index (χ1n) is 3.17. The van der Waals surface area contributed by atoms with Gasteiger partial charge in [0.25, 0.3) is 0 Å². The van der Waals surface area contributed by atoms with E-state index in [1.54, 1.807) is 12.3 Å². The highest BCUT2D eigenvalue weighted by Crippen LogP contribution is 2.44. The molecule has 66 valence electrons. The number of pyridine rings is 1. The van der Waals surface area contributed by atoms with Crippen molar-refractivity contribution in [2.24, 2.45) is 0 Å². The molecule has 5 heteroatoms. The molecule has 1 aromatic rings. The predicted molar refractivity (Wildman–Crippen MR) is 58.6 cm³/mol. The van der Waals surface area contributed by atoms with E-state index in [1.165, 1.54) is 0 Å². The van der Waals surface area contributed by atoms with Gasteiger partial charge in [-0.25, -0.2) is 0 Å². The van der Waals surface area contributed by atoms with E-state index in [0.29, 0.717) is 0 Å². The van der Waals surface area contributed by atoms with Crippen LogP contribution in [0.3, 0.4) is 0 Å². The number of aliphatic hydroxyl groups is 1. The van der Waals surface area contributed by atoms with Crippen molar-refractivity contribution in [1.82, 2.24) is 4.98 Å². The van der Waals surface area contributed by atoms with Gasteiger partial charge in [0, 0.05) is 11.8 Å². The molecule has 0 atom stereocenters. The molecule has 12 heavy (non-hydrogen) atoms. The second kappa shape index (κ2) is 4.17. The number of rotatable bonds is 1. The fourth-order valence-corrected chi connectivity index (χ4v) is 1.89. The molecule has 1 rings (SSSR count). The van der Waals surface area contributed by atoms with Crippen molar-refractivity contribution in [3.63, 3.8) is 0 Å². The molecule has 2 nitrogen and oxygen atoms in total. The normalized spacial score (nSPS) is 11.7. The zero-order valence-electron chi connectivity index (χ0n) is 5.97. The third-order valence-corrected chi connectivity index (χ3v) is 2.46. The second-order valence-corrected chi connectivity index (χ2v) is 8.93. The van der Waals surface area contributed by atoms with E-state index in [-0.39, 0.29) is 6.61 Å². The topological polar surface area (TPSA) is 33.1 Å². The molecule has 0 aliphatic carbocycles. The third-order valence-electron chi connectivity index (χ3n) is 1.33. The van der Waals surface area contributed by atoms with Crippen LogP contribution in [0.1, 0.15) is 11.3 Å². The molecule has 0 saturated heterocycles. The van der Waals surface area contributed by atoms with Crippen molar-refractivity contribution < 1.29 is 5.11 Å². The maximum Gasteiger partial charge on any atom is 0.176 e. The van der Waals surface area contributed by atoms with E-state index >= 15 is 0 Å². The summed E-state index contributed by atoms with van der Waals surface area (Å²) in [6.45, 7) is -0.0201. The van der Waals surface area contributed by atoms with Crippen LogP contribution < -0.4 is 0 Å². The van der Waals surface area contributed by atoms with E-state index < -0.39 is 2.14 Å². The lowest BCUT2D eigenvalue weighted by Gasteiger charge is -2.14. The SMILES string of the molecule is OCc1cccnc1C(Br)(Br)Br. The van der Waals surface area contributed by atoms with Gasteiger partial charge in [-0.15, -0.1) is 0 Å². The summed E-state index contributed by atoms with van der Waals surface area (Å²) in [7, 11) is 0. The lowest BCUT2D eigenvalue weighted by Crippen LogP contribution is -2.06.